The van der Waals surface area contributed by atoms with Crippen LogP contribution in [0.5, 0.6) is 17.2 Å². The maximum absolute atomic E-state index is 12.3. The Morgan fingerprint density at radius 3 is 2.71 bits per heavy atom. The lowest BCUT2D eigenvalue weighted by molar-refractivity contribution is -0.204. The number of methoxy groups -OCH3 is 1. The second kappa shape index (κ2) is 7.85. The van der Waals surface area contributed by atoms with E-state index in [4.69, 9.17) is 9.47 Å². The number of hydrogen-bond donors (Lipinski definition) is 4. The van der Waals surface area contributed by atoms with E-state index in [0.717, 1.165) is 36.9 Å². The van der Waals surface area contributed by atoms with Crippen LogP contribution in [0.1, 0.15) is 36.0 Å². The molecule has 2 aliphatic carbocycles. The highest BCUT2D eigenvalue weighted by Crippen LogP contribution is 2.66. The highest BCUT2D eigenvalue weighted by molar-refractivity contribution is 5.74. The van der Waals surface area contributed by atoms with E-state index in [9.17, 15) is 20.1 Å². The molecule has 8 nitrogen and oxygen atoms in total. The highest BCUT2D eigenvalue weighted by atomic mass is 16.5. The van der Waals surface area contributed by atoms with Gasteiger partial charge in [0.05, 0.1) is 11.0 Å². The van der Waals surface area contributed by atoms with Gasteiger partial charge in [-0.2, -0.15) is 0 Å². The lowest BCUT2D eigenvalue weighted by Crippen LogP contribution is -2.78. The number of carboxylic acid groups (broad SMARTS) is 1. The van der Waals surface area contributed by atoms with Crippen molar-refractivity contribution in [3.8, 4) is 17.2 Å². The van der Waals surface area contributed by atoms with Gasteiger partial charge in [0.2, 0.25) is 0 Å². The molecular formula is C27H32N2O6. The Bertz CT molecular complexity index is 1170. The van der Waals surface area contributed by atoms with Gasteiger partial charge in [-0.25, -0.2) is 0 Å². The third-order valence-corrected chi connectivity index (χ3v) is 9.14. The number of carbonyl (C=O) groups is 1. The molecule has 186 valence electrons. The molecule has 0 aromatic heterocycles. The molecule has 35 heavy (non-hydrogen) atoms. The maximum atomic E-state index is 12.3. The van der Waals surface area contributed by atoms with Crippen LogP contribution in [0.2, 0.25) is 0 Å². The number of nitrogens with one attached hydrogen (secondary N) is 1. The van der Waals surface area contributed by atoms with Crippen molar-refractivity contribution in [1.82, 2.24) is 10.2 Å². The minimum Gasteiger partial charge on any atom is -0.508 e. The zero-order valence-electron chi connectivity index (χ0n) is 20.0. The number of aromatic hydroxyl groups is 2. The lowest BCUT2D eigenvalue weighted by atomic mass is 9.48. The summed E-state index contributed by atoms with van der Waals surface area (Å²) < 4.78 is 13.0. The Kier molecular flexibility index (Phi) is 5.08. The molecule has 8 heteroatoms. The van der Waals surface area contributed by atoms with E-state index in [1.165, 1.54) is 5.56 Å². The van der Waals surface area contributed by atoms with E-state index in [-0.39, 0.29) is 36.1 Å². The zero-order chi connectivity index (χ0) is 24.5. The molecule has 0 radical (unpaired) electrons. The molecule has 6 rings (SSSR count). The summed E-state index contributed by atoms with van der Waals surface area (Å²) in [4.78, 5) is 14.7. The summed E-state index contributed by atoms with van der Waals surface area (Å²) >= 11 is 0. The summed E-state index contributed by atoms with van der Waals surface area (Å²) in [5, 5.41) is 33.9. The van der Waals surface area contributed by atoms with E-state index in [1.54, 1.807) is 37.4 Å². The first-order valence-corrected chi connectivity index (χ1v) is 12.3. The largest absolute Gasteiger partial charge is 0.508 e. The quantitative estimate of drug-likeness (QED) is 0.498. The van der Waals surface area contributed by atoms with Gasteiger partial charge in [0.15, 0.2) is 11.5 Å². The minimum absolute atomic E-state index is 0.132. The van der Waals surface area contributed by atoms with Crippen LogP contribution in [-0.2, 0) is 27.8 Å². The summed E-state index contributed by atoms with van der Waals surface area (Å²) in [7, 11) is 3.94. The van der Waals surface area contributed by atoms with Crippen molar-refractivity contribution in [2.75, 3.05) is 20.7 Å². The molecule has 2 fully saturated rings. The van der Waals surface area contributed by atoms with Gasteiger partial charge >= 0.3 is 5.97 Å². The fourth-order valence-corrected chi connectivity index (χ4v) is 7.65. The molecule has 2 unspecified atom stereocenters. The second-order valence-corrected chi connectivity index (χ2v) is 10.6. The van der Waals surface area contributed by atoms with Crippen molar-refractivity contribution in [3.63, 3.8) is 0 Å². The van der Waals surface area contributed by atoms with Gasteiger partial charge in [0, 0.05) is 24.8 Å². The number of phenols is 2. The number of aliphatic carboxylic acids is 1. The van der Waals surface area contributed by atoms with E-state index in [0.29, 0.717) is 12.2 Å². The van der Waals surface area contributed by atoms with Gasteiger partial charge < -0.3 is 29.7 Å². The molecule has 1 saturated carbocycles. The SMILES string of the molecule is CO[C@@]12CCC(N[C@@H](Cc3ccc(O)cc3)C(=O)O)C3Oc4c(O)ccc5c4[C@@]31CCN(C)[C@@H]2C5. The molecule has 2 aliphatic heterocycles. The predicted molar refractivity (Wildman–Crippen MR) is 128 cm³/mol. The number of carboxylic acids is 1. The van der Waals surface area contributed by atoms with Crippen LogP contribution >= 0.6 is 0 Å². The molecule has 2 heterocycles. The molecule has 1 saturated heterocycles. The number of hydrogen-bond acceptors (Lipinski definition) is 7. The smallest absolute Gasteiger partial charge is 0.321 e. The second-order valence-electron chi connectivity index (χ2n) is 10.6. The number of rotatable bonds is 6. The van der Waals surface area contributed by atoms with Crippen molar-refractivity contribution >= 4 is 5.97 Å². The van der Waals surface area contributed by atoms with E-state index < -0.39 is 23.0 Å². The number of phenolic OH excluding ortho intramolecular Hbond substituents is 2. The van der Waals surface area contributed by atoms with Crippen LogP contribution in [0.3, 0.4) is 0 Å². The third-order valence-electron chi connectivity index (χ3n) is 9.14. The zero-order valence-corrected chi connectivity index (χ0v) is 20.0. The fraction of sp³-hybridized carbons (Fsp3) is 0.519. The van der Waals surface area contributed by atoms with E-state index >= 15 is 0 Å². The number of likely N-dealkylation sites (tertiary alicyclic amines) is 1. The third kappa shape index (κ3) is 3.00. The van der Waals surface area contributed by atoms with Gasteiger partial charge in [0.1, 0.15) is 17.9 Å². The van der Waals surface area contributed by atoms with Crippen LogP contribution in [0.15, 0.2) is 36.4 Å². The van der Waals surface area contributed by atoms with Crippen LogP contribution in [0.25, 0.3) is 0 Å². The molecule has 4 N–H and O–H groups in total. The first kappa shape index (κ1) is 22.6. The molecule has 1 spiro atoms. The molecule has 2 bridgehead atoms. The highest BCUT2D eigenvalue weighted by Gasteiger charge is 2.73. The normalized spacial score (nSPS) is 33.6. The fourth-order valence-electron chi connectivity index (χ4n) is 7.65. The summed E-state index contributed by atoms with van der Waals surface area (Å²) in [6.45, 7) is 0.882. The molecule has 0 amide bonds. The average molecular weight is 481 g/mol. The Labute approximate surface area is 204 Å². The monoisotopic (exact) mass is 480 g/mol. The summed E-state index contributed by atoms with van der Waals surface area (Å²) in [5.41, 5.74) is 2.15. The van der Waals surface area contributed by atoms with Gasteiger partial charge in [0.25, 0.3) is 0 Å². The Morgan fingerprint density at radius 2 is 2.00 bits per heavy atom. The van der Waals surface area contributed by atoms with Gasteiger partial charge in [-0.1, -0.05) is 18.2 Å². The lowest BCUT2D eigenvalue weighted by Gasteiger charge is -2.65. The number of piperidine rings is 1. The first-order chi connectivity index (χ1) is 16.8. The Morgan fingerprint density at radius 1 is 1.23 bits per heavy atom. The average Bonchev–Trinajstić information content (AvgIpc) is 3.20. The van der Waals surface area contributed by atoms with E-state index in [2.05, 4.69) is 17.3 Å². The van der Waals surface area contributed by atoms with Crippen LogP contribution in [-0.4, -0.2) is 76.7 Å². The van der Waals surface area contributed by atoms with Crippen LogP contribution < -0.4 is 10.1 Å². The van der Waals surface area contributed by atoms with Crippen molar-refractivity contribution in [2.24, 2.45) is 0 Å². The summed E-state index contributed by atoms with van der Waals surface area (Å²) in [6.07, 6.45) is 3.06. The molecular weight excluding hydrogens is 448 g/mol. The standard InChI is InChI=1S/C27H32N2O6/c1-29-12-11-26-22-16-5-8-20(31)23(22)35-24(26)18(9-10-27(26,34-2)21(29)14-16)28-19(25(32)33)13-15-3-6-17(30)7-4-15/h3-8,18-19,21,24,28,30-31H,9-14H2,1-2H3,(H,32,33)/t18?,19-,21+,24?,26-,27+/m0/s1. The summed E-state index contributed by atoms with van der Waals surface area (Å²) in [5.74, 6) is -0.107. The number of benzene rings is 2. The van der Waals surface area contributed by atoms with Crippen molar-refractivity contribution in [3.05, 3.63) is 53.1 Å². The molecule has 2 aromatic carbocycles. The number of nitrogens with zero attached hydrogens (tertiary/aromatic N) is 1. The van der Waals surface area contributed by atoms with Gasteiger partial charge in [-0.15, -0.1) is 0 Å². The van der Waals surface area contributed by atoms with Crippen molar-refractivity contribution in [2.45, 2.75) is 67.3 Å². The topological polar surface area (TPSA) is 111 Å². The van der Waals surface area contributed by atoms with E-state index in [1.807, 2.05) is 6.07 Å². The maximum Gasteiger partial charge on any atom is 0.321 e. The molecule has 4 aliphatic rings. The Hall–Kier alpha value is -2.81. The van der Waals surface area contributed by atoms with Crippen molar-refractivity contribution < 1.29 is 29.6 Å². The molecule has 2 aromatic rings. The molecule has 6 atom stereocenters. The van der Waals surface area contributed by atoms with Crippen molar-refractivity contribution in [1.29, 1.82) is 0 Å². The van der Waals surface area contributed by atoms with Gasteiger partial charge in [-0.3, -0.25) is 10.1 Å². The van der Waals surface area contributed by atoms with Gasteiger partial charge in [-0.05, 0) is 75.0 Å². The number of likely N-dealkylation sites (N-methyl/N-ethyl adjacent to an activating group) is 1. The minimum atomic E-state index is -0.928. The first-order valence-electron chi connectivity index (χ1n) is 12.3. The number of ether oxygens (including phenoxy) is 2. The van der Waals surface area contributed by atoms with Crippen LogP contribution in [0, 0.1) is 0 Å². The Balaban J connectivity index is 1.40. The summed E-state index contributed by atoms with van der Waals surface area (Å²) in [6, 6.07) is 9.50. The predicted octanol–water partition coefficient (Wildman–Crippen LogP) is 2.19. The van der Waals surface area contributed by atoms with Crippen LogP contribution in [0.4, 0.5) is 0 Å².